The fraction of sp³-hybridized carbons (Fsp3) is 0.917. The van der Waals surface area contributed by atoms with E-state index in [0.29, 0.717) is 6.04 Å². The number of hydrogen-bond donors (Lipinski definition) is 2. The molecule has 0 saturated heterocycles. The Morgan fingerprint density at radius 2 is 2.12 bits per heavy atom. The second kappa shape index (κ2) is 10.3. The summed E-state index contributed by atoms with van der Waals surface area (Å²) < 4.78 is 0. The van der Waals surface area contributed by atoms with Crippen LogP contribution in [0.25, 0.3) is 0 Å². The summed E-state index contributed by atoms with van der Waals surface area (Å²) in [6.07, 6.45) is 5.90. The van der Waals surface area contributed by atoms with E-state index in [1.807, 2.05) is 11.8 Å². The Labute approximate surface area is 127 Å². The number of nitrogens with zero attached hydrogens (tertiary/aromatic N) is 1. The summed E-state index contributed by atoms with van der Waals surface area (Å²) in [5.41, 5.74) is 0. The molecule has 0 aliphatic heterocycles. The van der Waals surface area contributed by atoms with Gasteiger partial charge < -0.3 is 10.6 Å². The highest BCUT2D eigenvalue weighted by Gasteiger charge is 2.33. The first-order valence-electron chi connectivity index (χ1n) is 6.31. The highest BCUT2D eigenvalue weighted by molar-refractivity contribution is 14.0. The minimum atomic E-state index is 0. The van der Waals surface area contributed by atoms with E-state index in [0.717, 1.165) is 25.0 Å². The summed E-state index contributed by atoms with van der Waals surface area (Å²) in [6, 6.07) is 0.656. The zero-order valence-corrected chi connectivity index (χ0v) is 14.3. The Balaban J connectivity index is 0.00000256. The van der Waals surface area contributed by atoms with Crippen LogP contribution in [0.3, 0.4) is 0 Å². The zero-order valence-electron chi connectivity index (χ0n) is 11.2. The van der Waals surface area contributed by atoms with Gasteiger partial charge >= 0.3 is 0 Å². The zero-order chi connectivity index (χ0) is 11.8. The van der Waals surface area contributed by atoms with Crippen molar-refractivity contribution >= 4 is 41.7 Å². The highest BCUT2D eigenvalue weighted by atomic mass is 127. The van der Waals surface area contributed by atoms with E-state index < -0.39 is 0 Å². The predicted molar refractivity (Wildman–Crippen MR) is 89.7 cm³/mol. The number of thioether (sulfide) groups is 1. The largest absolute Gasteiger partial charge is 0.357 e. The van der Waals surface area contributed by atoms with E-state index in [9.17, 15) is 0 Å². The van der Waals surface area contributed by atoms with Crippen molar-refractivity contribution in [3.05, 3.63) is 0 Å². The van der Waals surface area contributed by atoms with Gasteiger partial charge in [-0.2, -0.15) is 11.8 Å². The molecule has 0 radical (unpaired) electrons. The lowest BCUT2D eigenvalue weighted by molar-refractivity contribution is 0.751. The SMILES string of the molecule is CCNC(=NCCCCSC)NC1CC1C.I. The average molecular weight is 371 g/mol. The third kappa shape index (κ3) is 8.13. The van der Waals surface area contributed by atoms with Gasteiger partial charge in [-0.3, -0.25) is 4.99 Å². The number of guanidine groups is 1. The Morgan fingerprint density at radius 1 is 1.41 bits per heavy atom. The number of halogens is 1. The Bertz CT molecular complexity index is 224. The van der Waals surface area contributed by atoms with Crippen LogP contribution in [0.2, 0.25) is 0 Å². The summed E-state index contributed by atoms with van der Waals surface area (Å²) in [6.45, 7) is 6.27. The maximum atomic E-state index is 4.59. The fourth-order valence-electron chi connectivity index (χ4n) is 1.57. The van der Waals surface area contributed by atoms with Crippen LogP contribution in [0.4, 0.5) is 0 Å². The molecule has 2 atom stereocenters. The van der Waals surface area contributed by atoms with Crippen LogP contribution in [0.5, 0.6) is 0 Å². The van der Waals surface area contributed by atoms with Gasteiger partial charge in [0.25, 0.3) is 0 Å². The summed E-state index contributed by atoms with van der Waals surface area (Å²) >= 11 is 1.91. The van der Waals surface area contributed by atoms with Gasteiger partial charge in [0.15, 0.2) is 5.96 Å². The van der Waals surface area contributed by atoms with Crippen LogP contribution in [0.15, 0.2) is 4.99 Å². The van der Waals surface area contributed by atoms with Crippen molar-refractivity contribution in [3.8, 4) is 0 Å². The third-order valence-corrected chi connectivity index (χ3v) is 3.50. The van der Waals surface area contributed by atoms with Gasteiger partial charge in [0.2, 0.25) is 0 Å². The van der Waals surface area contributed by atoms with Crippen LogP contribution in [0.1, 0.15) is 33.1 Å². The minimum absolute atomic E-state index is 0. The normalized spacial score (nSPS) is 22.9. The highest BCUT2D eigenvalue weighted by Crippen LogP contribution is 2.28. The number of hydrogen-bond acceptors (Lipinski definition) is 2. The first-order valence-corrected chi connectivity index (χ1v) is 7.71. The van der Waals surface area contributed by atoms with Crippen LogP contribution in [-0.2, 0) is 0 Å². The van der Waals surface area contributed by atoms with Gasteiger partial charge in [-0.25, -0.2) is 0 Å². The molecule has 0 heterocycles. The first kappa shape index (κ1) is 17.4. The fourth-order valence-corrected chi connectivity index (χ4v) is 2.06. The molecule has 102 valence electrons. The maximum Gasteiger partial charge on any atom is 0.191 e. The summed E-state index contributed by atoms with van der Waals surface area (Å²) in [7, 11) is 0. The van der Waals surface area contributed by atoms with Crippen molar-refractivity contribution in [2.45, 2.75) is 39.2 Å². The van der Waals surface area contributed by atoms with Gasteiger partial charge in [-0.05, 0) is 44.1 Å². The van der Waals surface area contributed by atoms with E-state index in [4.69, 9.17) is 0 Å². The van der Waals surface area contributed by atoms with Crippen molar-refractivity contribution in [2.75, 3.05) is 25.1 Å². The third-order valence-electron chi connectivity index (χ3n) is 2.80. The van der Waals surface area contributed by atoms with Gasteiger partial charge in [-0.1, -0.05) is 6.92 Å². The maximum absolute atomic E-state index is 4.59. The Kier molecular flexibility index (Phi) is 10.5. The van der Waals surface area contributed by atoms with E-state index in [2.05, 4.69) is 35.7 Å². The molecule has 0 aromatic heterocycles. The second-order valence-electron chi connectivity index (χ2n) is 4.42. The molecule has 3 nitrogen and oxygen atoms in total. The first-order chi connectivity index (χ1) is 7.77. The molecule has 1 aliphatic carbocycles. The molecule has 0 bridgehead atoms. The average Bonchev–Trinajstić information content (AvgIpc) is 2.94. The van der Waals surface area contributed by atoms with Crippen molar-refractivity contribution < 1.29 is 0 Å². The van der Waals surface area contributed by atoms with Gasteiger partial charge in [0.1, 0.15) is 0 Å². The number of nitrogens with one attached hydrogen (secondary N) is 2. The molecular weight excluding hydrogens is 345 g/mol. The lowest BCUT2D eigenvalue weighted by Gasteiger charge is -2.10. The topological polar surface area (TPSA) is 36.4 Å². The second-order valence-corrected chi connectivity index (χ2v) is 5.41. The molecule has 0 spiro atoms. The van der Waals surface area contributed by atoms with Crippen LogP contribution in [-0.4, -0.2) is 37.1 Å². The van der Waals surface area contributed by atoms with Crippen LogP contribution < -0.4 is 10.6 Å². The van der Waals surface area contributed by atoms with E-state index in [-0.39, 0.29) is 24.0 Å². The van der Waals surface area contributed by atoms with Crippen molar-refractivity contribution in [2.24, 2.45) is 10.9 Å². The molecule has 2 N–H and O–H groups in total. The predicted octanol–water partition coefficient (Wildman–Crippen LogP) is 2.71. The van der Waals surface area contributed by atoms with E-state index >= 15 is 0 Å². The molecule has 2 unspecified atom stereocenters. The van der Waals surface area contributed by atoms with Gasteiger partial charge in [-0.15, -0.1) is 24.0 Å². The van der Waals surface area contributed by atoms with Crippen molar-refractivity contribution in [3.63, 3.8) is 0 Å². The standard InChI is InChI=1S/C12H25N3S.HI/c1-4-13-12(15-11-9-10(11)2)14-7-5-6-8-16-3;/h10-11H,4-9H2,1-3H3,(H2,13,14,15);1H. The molecular formula is C12H26IN3S. The smallest absolute Gasteiger partial charge is 0.191 e. The van der Waals surface area contributed by atoms with Crippen molar-refractivity contribution in [1.82, 2.24) is 10.6 Å². The van der Waals surface area contributed by atoms with Gasteiger partial charge in [0.05, 0.1) is 0 Å². The number of aliphatic imine (C=N–C) groups is 1. The number of unbranched alkanes of at least 4 members (excludes halogenated alkanes) is 1. The minimum Gasteiger partial charge on any atom is -0.357 e. The molecule has 17 heavy (non-hydrogen) atoms. The Hall–Kier alpha value is 0.350. The molecule has 1 rings (SSSR count). The monoisotopic (exact) mass is 371 g/mol. The molecule has 1 fully saturated rings. The molecule has 0 amide bonds. The molecule has 5 heteroatoms. The van der Waals surface area contributed by atoms with Crippen molar-refractivity contribution in [1.29, 1.82) is 0 Å². The summed E-state index contributed by atoms with van der Waals surface area (Å²) in [5, 5.41) is 6.77. The lowest BCUT2D eigenvalue weighted by Crippen LogP contribution is -2.39. The summed E-state index contributed by atoms with van der Waals surface area (Å²) in [4.78, 5) is 4.59. The molecule has 1 saturated carbocycles. The molecule has 1 aliphatic rings. The van der Waals surface area contributed by atoms with Crippen LogP contribution >= 0.6 is 35.7 Å². The Morgan fingerprint density at radius 3 is 2.65 bits per heavy atom. The number of rotatable bonds is 7. The molecule has 0 aromatic rings. The quantitative estimate of drug-likeness (QED) is 0.313. The van der Waals surface area contributed by atoms with E-state index in [1.54, 1.807) is 0 Å². The van der Waals surface area contributed by atoms with Gasteiger partial charge in [0, 0.05) is 19.1 Å². The van der Waals surface area contributed by atoms with E-state index in [1.165, 1.54) is 25.0 Å². The molecule has 0 aromatic carbocycles. The van der Waals surface area contributed by atoms with Crippen LogP contribution in [0, 0.1) is 5.92 Å². The lowest BCUT2D eigenvalue weighted by atomic mass is 10.3. The summed E-state index contributed by atoms with van der Waals surface area (Å²) in [5.74, 6) is 3.07.